The lowest BCUT2D eigenvalue weighted by Crippen LogP contribution is -2.52. The Kier molecular flexibility index (Phi) is 5.24. The molecule has 5 heteroatoms. The SMILES string of the molecule is O[C@](Cc1cc(Cl)ccc1Cl)(c1ccccc1)[C@@H]1CNCCO1. The topological polar surface area (TPSA) is 41.5 Å². The number of ether oxygens (including phenoxy) is 1. The van der Waals surface area contributed by atoms with E-state index in [9.17, 15) is 5.11 Å². The second-order valence-corrected chi connectivity index (χ2v) is 6.61. The Balaban J connectivity index is 1.99. The van der Waals surface area contributed by atoms with E-state index < -0.39 is 5.60 Å². The molecule has 2 N–H and O–H groups in total. The summed E-state index contributed by atoms with van der Waals surface area (Å²) >= 11 is 12.4. The zero-order valence-corrected chi connectivity index (χ0v) is 14.1. The molecule has 2 aromatic carbocycles. The average Bonchev–Trinajstić information content (AvgIpc) is 2.59. The molecule has 0 bridgehead atoms. The van der Waals surface area contributed by atoms with Crippen molar-refractivity contribution in [3.8, 4) is 0 Å². The van der Waals surface area contributed by atoms with Gasteiger partial charge in [-0.2, -0.15) is 0 Å². The largest absolute Gasteiger partial charge is 0.382 e. The molecule has 1 saturated heterocycles. The van der Waals surface area contributed by atoms with Crippen LogP contribution in [-0.4, -0.2) is 30.9 Å². The molecule has 3 nitrogen and oxygen atoms in total. The van der Waals surface area contributed by atoms with Gasteiger partial charge in [-0.25, -0.2) is 0 Å². The number of hydrogen-bond acceptors (Lipinski definition) is 3. The van der Waals surface area contributed by atoms with E-state index in [1.165, 1.54) is 0 Å². The van der Waals surface area contributed by atoms with Gasteiger partial charge in [0.1, 0.15) is 11.7 Å². The first-order valence-corrected chi connectivity index (χ1v) is 8.39. The van der Waals surface area contributed by atoms with Gasteiger partial charge in [0.25, 0.3) is 0 Å². The fraction of sp³-hybridized carbons (Fsp3) is 0.333. The van der Waals surface area contributed by atoms with Crippen molar-refractivity contribution in [2.24, 2.45) is 0 Å². The van der Waals surface area contributed by atoms with Gasteiger partial charge in [0, 0.05) is 29.6 Å². The summed E-state index contributed by atoms with van der Waals surface area (Å²) in [6.45, 7) is 1.95. The summed E-state index contributed by atoms with van der Waals surface area (Å²) in [4.78, 5) is 0. The van der Waals surface area contributed by atoms with Crippen LogP contribution in [0, 0.1) is 0 Å². The van der Waals surface area contributed by atoms with Gasteiger partial charge in [-0.3, -0.25) is 0 Å². The summed E-state index contributed by atoms with van der Waals surface area (Å²) in [6, 6.07) is 14.9. The lowest BCUT2D eigenvalue weighted by Gasteiger charge is -2.39. The van der Waals surface area contributed by atoms with E-state index in [-0.39, 0.29) is 6.10 Å². The lowest BCUT2D eigenvalue weighted by molar-refractivity contribution is -0.124. The van der Waals surface area contributed by atoms with Gasteiger partial charge in [-0.1, -0.05) is 53.5 Å². The van der Waals surface area contributed by atoms with Gasteiger partial charge >= 0.3 is 0 Å². The molecule has 0 aromatic heterocycles. The Labute approximate surface area is 146 Å². The minimum atomic E-state index is -1.18. The molecule has 0 unspecified atom stereocenters. The van der Waals surface area contributed by atoms with Crippen LogP contribution >= 0.6 is 23.2 Å². The molecular weight excluding hydrogens is 333 g/mol. The zero-order valence-electron chi connectivity index (χ0n) is 12.6. The lowest BCUT2D eigenvalue weighted by atomic mass is 9.82. The number of hydrogen-bond donors (Lipinski definition) is 2. The molecule has 0 spiro atoms. The van der Waals surface area contributed by atoms with Gasteiger partial charge in [-0.15, -0.1) is 0 Å². The third-order valence-corrected chi connectivity index (χ3v) is 4.81. The summed E-state index contributed by atoms with van der Waals surface area (Å²) in [7, 11) is 0. The predicted molar refractivity (Wildman–Crippen MR) is 93.1 cm³/mol. The second-order valence-electron chi connectivity index (χ2n) is 5.77. The van der Waals surface area contributed by atoms with E-state index in [0.29, 0.717) is 29.6 Å². The molecular formula is C18H19Cl2NO2. The number of morpholine rings is 1. The summed E-state index contributed by atoms with van der Waals surface area (Å²) in [5.41, 5.74) is 0.438. The molecule has 0 radical (unpaired) electrons. The van der Waals surface area contributed by atoms with E-state index in [2.05, 4.69) is 5.32 Å². The first-order valence-electron chi connectivity index (χ1n) is 7.64. The van der Waals surface area contributed by atoms with Crippen molar-refractivity contribution in [1.82, 2.24) is 5.32 Å². The Morgan fingerprint density at radius 2 is 1.96 bits per heavy atom. The highest BCUT2D eigenvalue weighted by Gasteiger charge is 2.40. The Morgan fingerprint density at radius 3 is 2.65 bits per heavy atom. The van der Waals surface area contributed by atoms with Crippen LogP contribution in [0.4, 0.5) is 0 Å². The minimum Gasteiger partial charge on any atom is -0.382 e. The van der Waals surface area contributed by atoms with Crippen molar-refractivity contribution in [1.29, 1.82) is 0 Å². The third-order valence-electron chi connectivity index (χ3n) is 4.20. The predicted octanol–water partition coefficient (Wildman–Crippen LogP) is 3.41. The molecule has 0 saturated carbocycles. The number of rotatable bonds is 4. The maximum absolute atomic E-state index is 11.5. The van der Waals surface area contributed by atoms with Crippen LogP contribution in [0.15, 0.2) is 48.5 Å². The van der Waals surface area contributed by atoms with Crippen molar-refractivity contribution >= 4 is 23.2 Å². The van der Waals surface area contributed by atoms with Crippen LogP contribution in [0.2, 0.25) is 10.0 Å². The first kappa shape index (κ1) is 16.7. The molecule has 1 heterocycles. The maximum atomic E-state index is 11.5. The number of nitrogens with one attached hydrogen (secondary N) is 1. The van der Waals surface area contributed by atoms with Crippen LogP contribution in [0.25, 0.3) is 0 Å². The van der Waals surface area contributed by atoms with Gasteiger partial charge in [0.2, 0.25) is 0 Å². The second kappa shape index (κ2) is 7.20. The Hall–Kier alpha value is -1.10. The van der Waals surface area contributed by atoms with Crippen LogP contribution in [0.5, 0.6) is 0 Å². The highest BCUT2D eigenvalue weighted by Crippen LogP contribution is 2.34. The molecule has 0 aliphatic carbocycles. The van der Waals surface area contributed by atoms with Crippen molar-refractivity contribution in [2.45, 2.75) is 18.1 Å². The molecule has 1 aliphatic rings. The van der Waals surface area contributed by atoms with Crippen molar-refractivity contribution < 1.29 is 9.84 Å². The van der Waals surface area contributed by atoms with Crippen molar-refractivity contribution in [2.75, 3.05) is 19.7 Å². The molecule has 1 fully saturated rings. The van der Waals surface area contributed by atoms with Gasteiger partial charge in [-0.05, 0) is 29.3 Å². The van der Waals surface area contributed by atoms with Gasteiger partial charge < -0.3 is 15.2 Å². The van der Waals surface area contributed by atoms with E-state index in [1.807, 2.05) is 30.3 Å². The fourth-order valence-corrected chi connectivity index (χ4v) is 3.35. The summed E-state index contributed by atoms with van der Waals surface area (Å²) < 4.78 is 5.85. The van der Waals surface area contributed by atoms with Crippen molar-refractivity contribution in [3.63, 3.8) is 0 Å². The highest BCUT2D eigenvalue weighted by molar-refractivity contribution is 6.33. The van der Waals surface area contributed by atoms with E-state index in [4.69, 9.17) is 27.9 Å². The molecule has 2 aromatic rings. The number of halogens is 2. The smallest absolute Gasteiger partial charge is 0.121 e. The Bertz CT molecular complexity index is 659. The third kappa shape index (κ3) is 3.70. The van der Waals surface area contributed by atoms with E-state index in [0.717, 1.165) is 17.7 Å². The van der Waals surface area contributed by atoms with Crippen LogP contribution in [0.3, 0.4) is 0 Å². The summed E-state index contributed by atoms with van der Waals surface area (Å²) in [5, 5.41) is 16.0. The standard InChI is InChI=1S/C18H19Cl2NO2/c19-15-6-7-16(20)13(10-15)11-18(22,14-4-2-1-3-5-14)17-12-21-8-9-23-17/h1-7,10,17,21-22H,8-9,11-12H2/t17-,18+/m0/s1. The summed E-state index contributed by atoms with van der Waals surface area (Å²) in [6.07, 6.45) is -0.0170. The Morgan fingerprint density at radius 1 is 1.17 bits per heavy atom. The normalized spacial score (nSPS) is 20.9. The molecule has 0 amide bonds. The first-order chi connectivity index (χ1) is 11.1. The number of aliphatic hydroxyl groups is 1. The highest BCUT2D eigenvalue weighted by atomic mass is 35.5. The molecule has 1 aliphatic heterocycles. The zero-order chi connectivity index (χ0) is 16.3. The van der Waals surface area contributed by atoms with Gasteiger partial charge in [0.15, 0.2) is 0 Å². The molecule has 2 atom stereocenters. The monoisotopic (exact) mass is 351 g/mol. The van der Waals surface area contributed by atoms with Crippen LogP contribution < -0.4 is 5.32 Å². The van der Waals surface area contributed by atoms with E-state index >= 15 is 0 Å². The summed E-state index contributed by atoms with van der Waals surface area (Å²) in [5.74, 6) is 0. The van der Waals surface area contributed by atoms with Crippen molar-refractivity contribution in [3.05, 3.63) is 69.7 Å². The fourth-order valence-electron chi connectivity index (χ4n) is 2.97. The minimum absolute atomic E-state index is 0.336. The molecule has 122 valence electrons. The average molecular weight is 352 g/mol. The quantitative estimate of drug-likeness (QED) is 0.886. The van der Waals surface area contributed by atoms with Gasteiger partial charge in [0.05, 0.1) is 6.61 Å². The maximum Gasteiger partial charge on any atom is 0.121 e. The molecule has 3 rings (SSSR count). The van der Waals surface area contributed by atoms with Crippen LogP contribution in [0.1, 0.15) is 11.1 Å². The molecule has 23 heavy (non-hydrogen) atoms. The van der Waals surface area contributed by atoms with E-state index in [1.54, 1.807) is 18.2 Å². The number of benzene rings is 2. The van der Waals surface area contributed by atoms with Crippen LogP contribution in [-0.2, 0) is 16.8 Å².